The summed E-state index contributed by atoms with van der Waals surface area (Å²) in [5, 5.41) is 12.1. The Bertz CT molecular complexity index is 684. The predicted molar refractivity (Wildman–Crippen MR) is 79.1 cm³/mol. The van der Waals surface area contributed by atoms with Crippen molar-refractivity contribution in [1.29, 1.82) is 5.26 Å². The molecule has 0 spiro atoms. The van der Waals surface area contributed by atoms with Crippen molar-refractivity contribution in [3.8, 4) is 6.07 Å². The summed E-state index contributed by atoms with van der Waals surface area (Å²) in [6.07, 6.45) is 0. The van der Waals surface area contributed by atoms with E-state index in [1.54, 1.807) is 13.0 Å². The van der Waals surface area contributed by atoms with Gasteiger partial charge < -0.3 is 5.32 Å². The van der Waals surface area contributed by atoms with E-state index in [4.69, 9.17) is 5.26 Å². The molecule has 2 nitrogen and oxygen atoms in total. The highest BCUT2D eigenvalue weighted by Crippen LogP contribution is 2.21. The van der Waals surface area contributed by atoms with Gasteiger partial charge in [0.15, 0.2) is 0 Å². The van der Waals surface area contributed by atoms with E-state index in [-0.39, 0.29) is 5.82 Å². The zero-order valence-electron chi connectivity index (χ0n) is 11.9. The predicted octanol–water partition coefficient (Wildman–Crippen LogP) is 4.23. The van der Waals surface area contributed by atoms with Gasteiger partial charge in [0.05, 0.1) is 11.6 Å². The number of anilines is 1. The van der Waals surface area contributed by atoms with Gasteiger partial charge in [0.1, 0.15) is 5.82 Å². The first-order chi connectivity index (χ1) is 9.51. The molecule has 3 heteroatoms. The van der Waals surface area contributed by atoms with E-state index in [1.807, 2.05) is 6.07 Å². The monoisotopic (exact) mass is 268 g/mol. The van der Waals surface area contributed by atoms with Crippen LogP contribution in [-0.4, -0.2) is 0 Å². The molecule has 0 atom stereocenters. The molecule has 0 bridgehead atoms. The quantitative estimate of drug-likeness (QED) is 0.904. The number of aryl methyl sites for hydroxylation is 2. The van der Waals surface area contributed by atoms with Crippen LogP contribution in [0.3, 0.4) is 0 Å². The Morgan fingerprint density at radius 3 is 2.50 bits per heavy atom. The molecule has 2 aromatic carbocycles. The maximum Gasteiger partial charge on any atom is 0.129 e. The van der Waals surface area contributed by atoms with E-state index in [1.165, 1.54) is 17.2 Å². The lowest BCUT2D eigenvalue weighted by atomic mass is 10.1. The van der Waals surface area contributed by atoms with E-state index >= 15 is 0 Å². The molecule has 0 aromatic heterocycles. The Morgan fingerprint density at radius 2 is 1.85 bits per heavy atom. The van der Waals surface area contributed by atoms with Crippen molar-refractivity contribution in [2.45, 2.75) is 27.3 Å². The van der Waals surface area contributed by atoms with Crippen LogP contribution in [0.4, 0.5) is 10.1 Å². The van der Waals surface area contributed by atoms with E-state index in [2.05, 4.69) is 37.4 Å². The second-order valence-corrected chi connectivity index (χ2v) is 5.01. The van der Waals surface area contributed by atoms with Crippen LogP contribution >= 0.6 is 0 Å². The van der Waals surface area contributed by atoms with Crippen LogP contribution in [0.2, 0.25) is 0 Å². The maximum absolute atomic E-state index is 13.7. The number of hydrogen-bond acceptors (Lipinski definition) is 2. The average Bonchev–Trinajstić information content (AvgIpc) is 2.44. The molecule has 0 saturated heterocycles. The van der Waals surface area contributed by atoms with E-state index in [0.717, 1.165) is 5.56 Å². The molecule has 20 heavy (non-hydrogen) atoms. The van der Waals surface area contributed by atoms with Crippen molar-refractivity contribution >= 4 is 5.69 Å². The van der Waals surface area contributed by atoms with Gasteiger partial charge in [-0.05, 0) is 49.6 Å². The molecule has 0 aliphatic rings. The van der Waals surface area contributed by atoms with Gasteiger partial charge in [-0.2, -0.15) is 5.26 Å². The number of nitrogens with zero attached hydrogens (tertiary/aromatic N) is 1. The zero-order valence-corrected chi connectivity index (χ0v) is 11.9. The summed E-state index contributed by atoms with van der Waals surface area (Å²) >= 11 is 0. The third-order valence-corrected chi connectivity index (χ3v) is 3.53. The van der Waals surface area contributed by atoms with E-state index < -0.39 is 0 Å². The highest BCUT2D eigenvalue weighted by molar-refractivity contribution is 5.56. The fraction of sp³-hybridized carbons (Fsp3) is 0.235. The largest absolute Gasteiger partial charge is 0.381 e. The summed E-state index contributed by atoms with van der Waals surface area (Å²) in [6.45, 7) is 6.46. The van der Waals surface area contributed by atoms with Gasteiger partial charge in [-0.1, -0.05) is 18.2 Å². The lowest BCUT2D eigenvalue weighted by Crippen LogP contribution is -2.03. The SMILES string of the molecule is Cc1ccc(CNc2cc(C#N)cc(F)c2C)cc1C. The number of nitriles is 1. The second-order valence-electron chi connectivity index (χ2n) is 5.01. The van der Waals surface area contributed by atoms with Crippen molar-refractivity contribution in [2.75, 3.05) is 5.32 Å². The second kappa shape index (κ2) is 5.75. The normalized spacial score (nSPS) is 10.2. The van der Waals surface area contributed by atoms with Crippen LogP contribution in [0.15, 0.2) is 30.3 Å². The molecule has 0 amide bonds. The minimum absolute atomic E-state index is 0.329. The smallest absolute Gasteiger partial charge is 0.129 e. The fourth-order valence-corrected chi connectivity index (χ4v) is 2.04. The first-order valence-electron chi connectivity index (χ1n) is 6.51. The van der Waals surface area contributed by atoms with Crippen molar-refractivity contribution in [3.63, 3.8) is 0 Å². The summed E-state index contributed by atoms with van der Waals surface area (Å²) in [4.78, 5) is 0. The van der Waals surface area contributed by atoms with Crippen LogP contribution in [0.5, 0.6) is 0 Å². The minimum Gasteiger partial charge on any atom is -0.381 e. The van der Waals surface area contributed by atoms with Crippen molar-refractivity contribution < 1.29 is 4.39 Å². The molecule has 0 aliphatic heterocycles. The number of rotatable bonds is 3. The fourth-order valence-electron chi connectivity index (χ4n) is 2.04. The summed E-state index contributed by atoms with van der Waals surface area (Å²) in [6, 6.07) is 11.1. The van der Waals surface area contributed by atoms with Crippen molar-refractivity contribution in [2.24, 2.45) is 0 Å². The number of hydrogen-bond donors (Lipinski definition) is 1. The third-order valence-electron chi connectivity index (χ3n) is 3.53. The maximum atomic E-state index is 13.7. The molecule has 0 radical (unpaired) electrons. The summed E-state index contributed by atoms with van der Waals surface area (Å²) in [5.41, 5.74) is 5.15. The number of halogens is 1. The van der Waals surface area contributed by atoms with Gasteiger partial charge in [-0.15, -0.1) is 0 Å². The minimum atomic E-state index is -0.355. The molecule has 0 saturated carbocycles. The van der Waals surface area contributed by atoms with Gasteiger partial charge in [-0.3, -0.25) is 0 Å². The van der Waals surface area contributed by atoms with Crippen LogP contribution < -0.4 is 5.32 Å². The van der Waals surface area contributed by atoms with Crippen molar-refractivity contribution in [3.05, 3.63) is 64.0 Å². The number of benzene rings is 2. The van der Waals surface area contributed by atoms with Gasteiger partial charge in [-0.25, -0.2) is 4.39 Å². The highest BCUT2D eigenvalue weighted by Gasteiger charge is 2.07. The first-order valence-corrected chi connectivity index (χ1v) is 6.51. The standard InChI is InChI=1S/C17H17FN2/c1-11-4-5-14(6-12(11)2)10-20-17-8-15(9-19)7-16(18)13(17)3/h4-8,20H,10H2,1-3H3. The van der Waals surface area contributed by atoms with Gasteiger partial charge in [0.25, 0.3) is 0 Å². The highest BCUT2D eigenvalue weighted by atomic mass is 19.1. The van der Waals surface area contributed by atoms with Gasteiger partial charge >= 0.3 is 0 Å². The Kier molecular flexibility index (Phi) is 4.05. The van der Waals surface area contributed by atoms with Crippen LogP contribution in [-0.2, 0) is 6.54 Å². The molecule has 102 valence electrons. The summed E-state index contributed by atoms with van der Waals surface area (Å²) in [5.74, 6) is -0.355. The molecule has 2 rings (SSSR count). The van der Waals surface area contributed by atoms with Crippen LogP contribution in [0, 0.1) is 37.9 Å². The first kappa shape index (κ1) is 14.1. The Morgan fingerprint density at radius 1 is 1.10 bits per heavy atom. The Balaban J connectivity index is 2.20. The molecule has 0 fully saturated rings. The lowest BCUT2D eigenvalue weighted by molar-refractivity contribution is 0.618. The molecule has 1 N–H and O–H groups in total. The van der Waals surface area contributed by atoms with E-state index in [9.17, 15) is 4.39 Å². The topological polar surface area (TPSA) is 35.8 Å². The third kappa shape index (κ3) is 2.97. The molecule has 0 aliphatic carbocycles. The Labute approximate surface area is 118 Å². The molecular weight excluding hydrogens is 251 g/mol. The van der Waals surface area contributed by atoms with Crippen molar-refractivity contribution in [1.82, 2.24) is 0 Å². The summed E-state index contributed by atoms with van der Waals surface area (Å²) < 4.78 is 13.7. The van der Waals surface area contributed by atoms with Gasteiger partial charge in [0, 0.05) is 17.8 Å². The average molecular weight is 268 g/mol. The van der Waals surface area contributed by atoms with Gasteiger partial charge in [0.2, 0.25) is 0 Å². The van der Waals surface area contributed by atoms with Crippen LogP contribution in [0.25, 0.3) is 0 Å². The van der Waals surface area contributed by atoms with Crippen LogP contribution in [0.1, 0.15) is 27.8 Å². The Hall–Kier alpha value is -2.34. The molecular formula is C17H17FN2. The molecule has 0 heterocycles. The van der Waals surface area contributed by atoms with E-state index in [0.29, 0.717) is 23.4 Å². The summed E-state index contributed by atoms with van der Waals surface area (Å²) in [7, 11) is 0. The number of nitrogens with one attached hydrogen (secondary N) is 1. The zero-order chi connectivity index (χ0) is 14.7. The molecule has 2 aromatic rings. The lowest BCUT2D eigenvalue weighted by Gasteiger charge is -2.12. The molecule has 0 unspecified atom stereocenters.